The third-order valence-electron chi connectivity index (χ3n) is 4.72. The average Bonchev–Trinajstić information content (AvgIpc) is 3.19. The second kappa shape index (κ2) is 5.69. The number of rotatable bonds is 2. The Morgan fingerprint density at radius 2 is 2.04 bits per heavy atom. The number of fused-ring (bicyclic) bond motifs is 1. The molecule has 0 saturated carbocycles. The molecule has 0 saturated heterocycles. The van der Waals surface area contributed by atoms with Crippen LogP contribution in [0.2, 0.25) is 5.02 Å². The maximum atomic E-state index is 14.5. The first-order chi connectivity index (χ1) is 12.0. The van der Waals surface area contributed by atoms with Crippen molar-refractivity contribution in [2.45, 2.75) is 18.1 Å². The van der Waals surface area contributed by atoms with Gasteiger partial charge in [-0.05, 0) is 29.8 Å². The van der Waals surface area contributed by atoms with Gasteiger partial charge in [0, 0.05) is 17.0 Å². The third kappa shape index (κ3) is 2.42. The van der Waals surface area contributed by atoms with Gasteiger partial charge < -0.3 is 9.67 Å². The third-order valence-corrected chi connectivity index (χ3v) is 4.98. The summed E-state index contributed by atoms with van der Waals surface area (Å²) in [6, 6.07) is 12.8. The van der Waals surface area contributed by atoms with Crippen molar-refractivity contribution in [2.24, 2.45) is 0 Å². The molecule has 2 aromatic carbocycles. The summed E-state index contributed by atoms with van der Waals surface area (Å²) in [7, 11) is 0. The quantitative estimate of drug-likeness (QED) is 0.762. The Labute approximate surface area is 148 Å². The summed E-state index contributed by atoms with van der Waals surface area (Å²) in [4.78, 5) is 4.12. The summed E-state index contributed by atoms with van der Waals surface area (Å²) in [6.45, 7) is 0. The van der Waals surface area contributed by atoms with Crippen molar-refractivity contribution in [2.75, 3.05) is 0 Å². The largest absolute Gasteiger partial charge is 0.379 e. The van der Waals surface area contributed by atoms with E-state index >= 15 is 0 Å². The van der Waals surface area contributed by atoms with E-state index in [4.69, 9.17) is 16.9 Å². The van der Waals surface area contributed by atoms with Gasteiger partial charge in [-0.2, -0.15) is 5.26 Å². The molecule has 0 fully saturated rings. The highest BCUT2D eigenvalue weighted by molar-refractivity contribution is 6.30. The minimum atomic E-state index is -1.29. The Bertz CT molecular complexity index is 993. The predicted octanol–water partition coefficient (Wildman–Crippen LogP) is 3.78. The van der Waals surface area contributed by atoms with Crippen LogP contribution in [-0.4, -0.2) is 14.7 Å². The van der Waals surface area contributed by atoms with Crippen LogP contribution in [0.4, 0.5) is 4.39 Å². The zero-order chi connectivity index (χ0) is 17.6. The Hall–Kier alpha value is -2.68. The average molecular weight is 354 g/mol. The van der Waals surface area contributed by atoms with Gasteiger partial charge in [-0.3, -0.25) is 0 Å². The first kappa shape index (κ1) is 15.8. The van der Waals surface area contributed by atoms with Gasteiger partial charge in [0.25, 0.3) is 0 Å². The van der Waals surface area contributed by atoms with Gasteiger partial charge in [0.2, 0.25) is 0 Å². The number of halogens is 2. The predicted molar refractivity (Wildman–Crippen MR) is 90.5 cm³/mol. The molecular formula is C19H13ClFN3O. The van der Waals surface area contributed by atoms with Crippen LogP contribution in [0.5, 0.6) is 0 Å². The minimum Gasteiger partial charge on any atom is -0.379 e. The van der Waals surface area contributed by atoms with Gasteiger partial charge in [-0.15, -0.1) is 0 Å². The molecule has 1 aliphatic heterocycles. The highest BCUT2D eigenvalue weighted by Crippen LogP contribution is 2.47. The fraction of sp³-hybridized carbons (Fsp3) is 0.158. The Morgan fingerprint density at radius 3 is 2.72 bits per heavy atom. The number of nitriles is 1. The zero-order valence-corrected chi connectivity index (χ0v) is 13.8. The van der Waals surface area contributed by atoms with Gasteiger partial charge in [0.15, 0.2) is 0 Å². The molecule has 0 aliphatic carbocycles. The van der Waals surface area contributed by atoms with Crippen LogP contribution in [0, 0.1) is 17.1 Å². The van der Waals surface area contributed by atoms with Crippen LogP contribution in [0.1, 0.15) is 34.8 Å². The molecule has 6 heteroatoms. The summed E-state index contributed by atoms with van der Waals surface area (Å²) >= 11 is 5.94. The molecule has 1 aliphatic rings. The first-order valence-electron chi connectivity index (χ1n) is 7.73. The molecule has 1 aromatic heterocycles. The van der Waals surface area contributed by atoms with E-state index in [0.29, 0.717) is 21.8 Å². The number of aromatic nitrogens is 2. The second-order valence-corrected chi connectivity index (χ2v) is 6.56. The van der Waals surface area contributed by atoms with Crippen LogP contribution >= 0.6 is 11.6 Å². The molecule has 2 heterocycles. The molecule has 124 valence electrons. The molecule has 0 amide bonds. The standard InChI is InChI=1S/C19H13ClFN3O/c20-14-4-2-13(3-5-14)19(25)8-17(24-11-23-10-18(19)24)15-6-1-12(9-22)7-16(15)21/h1-7,10-11,17,25H,8H2/t17-,19+/m1/s1. The van der Waals surface area contributed by atoms with Crippen molar-refractivity contribution in [3.8, 4) is 6.07 Å². The molecule has 0 bridgehead atoms. The lowest BCUT2D eigenvalue weighted by Gasteiger charge is -2.23. The van der Waals surface area contributed by atoms with E-state index in [2.05, 4.69) is 4.98 Å². The number of benzene rings is 2. The van der Waals surface area contributed by atoms with Crippen molar-refractivity contribution in [1.29, 1.82) is 5.26 Å². The molecule has 4 nitrogen and oxygen atoms in total. The number of imidazole rings is 1. The van der Waals surface area contributed by atoms with E-state index in [1.807, 2.05) is 6.07 Å². The normalized spacial score (nSPS) is 21.8. The van der Waals surface area contributed by atoms with E-state index in [9.17, 15) is 9.50 Å². The maximum Gasteiger partial charge on any atom is 0.133 e. The summed E-state index contributed by atoms with van der Waals surface area (Å²) in [5.41, 5.74) is 0.673. The molecule has 2 atom stereocenters. The van der Waals surface area contributed by atoms with Crippen LogP contribution in [0.15, 0.2) is 55.0 Å². The lowest BCUT2D eigenvalue weighted by Crippen LogP contribution is -2.24. The van der Waals surface area contributed by atoms with Gasteiger partial charge in [0.1, 0.15) is 11.4 Å². The molecular weight excluding hydrogens is 341 g/mol. The fourth-order valence-electron chi connectivity index (χ4n) is 3.47. The SMILES string of the molecule is N#Cc1ccc([C@H]2C[C@](O)(c3ccc(Cl)cc3)c3cncn32)c(F)c1. The van der Waals surface area contributed by atoms with Gasteiger partial charge >= 0.3 is 0 Å². The van der Waals surface area contributed by atoms with Crippen molar-refractivity contribution in [3.63, 3.8) is 0 Å². The van der Waals surface area contributed by atoms with Crippen molar-refractivity contribution in [1.82, 2.24) is 9.55 Å². The topological polar surface area (TPSA) is 61.8 Å². The summed E-state index contributed by atoms with van der Waals surface area (Å²) in [6.07, 6.45) is 3.46. The monoisotopic (exact) mass is 353 g/mol. The Morgan fingerprint density at radius 1 is 1.28 bits per heavy atom. The van der Waals surface area contributed by atoms with Crippen LogP contribution in [0.3, 0.4) is 0 Å². The van der Waals surface area contributed by atoms with E-state index in [-0.39, 0.29) is 12.0 Å². The molecule has 25 heavy (non-hydrogen) atoms. The first-order valence-corrected chi connectivity index (χ1v) is 8.11. The minimum absolute atomic E-state index is 0.262. The van der Waals surface area contributed by atoms with Gasteiger partial charge in [-0.25, -0.2) is 9.37 Å². The van der Waals surface area contributed by atoms with E-state index in [0.717, 1.165) is 0 Å². The summed E-state index contributed by atoms with van der Waals surface area (Å²) in [5.74, 6) is -0.468. The molecule has 4 rings (SSSR count). The number of hydrogen-bond acceptors (Lipinski definition) is 3. The van der Waals surface area contributed by atoms with E-state index in [1.165, 1.54) is 6.07 Å². The van der Waals surface area contributed by atoms with Crippen molar-refractivity contribution < 1.29 is 9.50 Å². The fourth-order valence-corrected chi connectivity index (χ4v) is 3.60. The molecule has 0 spiro atoms. The number of hydrogen-bond donors (Lipinski definition) is 1. The number of nitrogens with zero attached hydrogens (tertiary/aromatic N) is 3. The van der Waals surface area contributed by atoms with Crippen LogP contribution in [0.25, 0.3) is 0 Å². The van der Waals surface area contributed by atoms with Crippen LogP contribution < -0.4 is 0 Å². The van der Waals surface area contributed by atoms with E-state index in [1.54, 1.807) is 53.5 Å². The van der Waals surface area contributed by atoms with Gasteiger partial charge in [0.05, 0.1) is 35.9 Å². The lowest BCUT2D eigenvalue weighted by atomic mass is 9.86. The molecule has 3 aromatic rings. The molecule has 0 unspecified atom stereocenters. The lowest BCUT2D eigenvalue weighted by molar-refractivity contribution is 0.0792. The summed E-state index contributed by atoms with van der Waals surface area (Å²) < 4.78 is 16.3. The van der Waals surface area contributed by atoms with E-state index < -0.39 is 17.5 Å². The van der Waals surface area contributed by atoms with Gasteiger partial charge in [-0.1, -0.05) is 29.8 Å². The van der Waals surface area contributed by atoms with Crippen molar-refractivity contribution >= 4 is 11.6 Å². The highest BCUT2D eigenvalue weighted by atomic mass is 35.5. The Balaban J connectivity index is 1.81. The smallest absolute Gasteiger partial charge is 0.133 e. The maximum absolute atomic E-state index is 14.5. The number of aliphatic hydroxyl groups is 1. The highest BCUT2D eigenvalue weighted by Gasteiger charge is 2.45. The molecule has 0 radical (unpaired) electrons. The zero-order valence-electron chi connectivity index (χ0n) is 13.0. The second-order valence-electron chi connectivity index (χ2n) is 6.12. The summed E-state index contributed by atoms with van der Waals surface area (Å²) in [5, 5.41) is 20.8. The Kier molecular flexibility index (Phi) is 3.60. The van der Waals surface area contributed by atoms with Crippen LogP contribution in [-0.2, 0) is 5.60 Å². The van der Waals surface area contributed by atoms with Crippen molar-refractivity contribution in [3.05, 3.63) is 88.2 Å². The molecule has 1 N–H and O–H groups in total.